The van der Waals surface area contributed by atoms with Crippen LogP contribution < -0.4 is 0 Å². The van der Waals surface area contributed by atoms with E-state index in [-0.39, 0.29) is 18.4 Å². The summed E-state index contributed by atoms with van der Waals surface area (Å²) in [5.41, 5.74) is 1.68. The van der Waals surface area contributed by atoms with Crippen LogP contribution in [0.5, 0.6) is 0 Å². The van der Waals surface area contributed by atoms with E-state index in [2.05, 4.69) is 6.92 Å². The molecular weight excluding hydrogens is 290 g/mol. The van der Waals surface area contributed by atoms with Crippen LogP contribution in [0.4, 0.5) is 0 Å². The molecule has 128 valence electrons. The maximum Gasteiger partial charge on any atom is 0.325 e. The molecule has 0 aliphatic heterocycles. The number of likely N-dealkylation sites (N-methyl/N-ethyl adjacent to an activating group) is 1. The molecule has 0 aromatic heterocycles. The maximum atomic E-state index is 12.2. The molecule has 0 bridgehead atoms. The minimum absolute atomic E-state index is 0.0114. The van der Waals surface area contributed by atoms with Crippen LogP contribution in [0.3, 0.4) is 0 Å². The second kappa shape index (κ2) is 10.8. The van der Waals surface area contributed by atoms with Gasteiger partial charge in [-0.15, -0.1) is 0 Å². The zero-order chi connectivity index (χ0) is 17.1. The number of unbranched alkanes of at least 4 members (excludes halogenated alkanes) is 5. The van der Waals surface area contributed by atoms with Crippen molar-refractivity contribution >= 4 is 11.9 Å². The van der Waals surface area contributed by atoms with Crippen LogP contribution in [0, 0.1) is 6.92 Å². The zero-order valence-corrected chi connectivity index (χ0v) is 14.6. The molecule has 0 heterocycles. The van der Waals surface area contributed by atoms with Crippen LogP contribution in [0.1, 0.15) is 61.4 Å². The van der Waals surface area contributed by atoms with Crippen LogP contribution >= 0.6 is 0 Å². The van der Waals surface area contributed by atoms with Gasteiger partial charge in [-0.1, -0.05) is 56.7 Å². The van der Waals surface area contributed by atoms with Crippen molar-refractivity contribution in [2.75, 3.05) is 20.2 Å². The number of hydrogen-bond donors (Lipinski definition) is 0. The molecule has 0 saturated carbocycles. The van der Waals surface area contributed by atoms with Crippen LogP contribution in [0.2, 0.25) is 0 Å². The van der Waals surface area contributed by atoms with Gasteiger partial charge in [0.05, 0.1) is 6.61 Å². The van der Waals surface area contributed by atoms with Crippen molar-refractivity contribution < 1.29 is 14.3 Å². The average molecular weight is 319 g/mol. The van der Waals surface area contributed by atoms with Gasteiger partial charge in [-0.3, -0.25) is 9.59 Å². The van der Waals surface area contributed by atoms with Gasteiger partial charge < -0.3 is 9.64 Å². The van der Waals surface area contributed by atoms with Gasteiger partial charge in [0.2, 0.25) is 0 Å². The number of esters is 1. The number of nitrogens with zero attached hydrogens (tertiary/aromatic N) is 1. The van der Waals surface area contributed by atoms with Gasteiger partial charge in [-0.25, -0.2) is 0 Å². The largest absolute Gasteiger partial charge is 0.464 e. The van der Waals surface area contributed by atoms with E-state index in [1.165, 1.54) is 30.6 Å². The molecular formula is C19H29NO3. The third kappa shape index (κ3) is 7.82. The smallest absolute Gasteiger partial charge is 0.325 e. The topological polar surface area (TPSA) is 46.6 Å². The number of rotatable bonds is 10. The molecule has 23 heavy (non-hydrogen) atoms. The SMILES string of the molecule is CCCCCCCCOC(=O)CN(C)C(=O)c1ccc(C)cc1. The van der Waals surface area contributed by atoms with E-state index in [9.17, 15) is 9.59 Å². The Labute approximate surface area is 139 Å². The summed E-state index contributed by atoms with van der Waals surface area (Å²) in [6.45, 7) is 4.59. The van der Waals surface area contributed by atoms with Gasteiger partial charge >= 0.3 is 5.97 Å². The lowest BCUT2D eigenvalue weighted by molar-refractivity contribution is -0.144. The van der Waals surface area contributed by atoms with Crippen LogP contribution in [-0.2, 0) is 9.53 Å². The summed E-state index contributed by atoms with van der Waals surface area (Å²) >= 11 is 0. The predicted molar refractivity (Wildman–Crippen MR) is 92.5 cm³/mol. The number of hydrogen-bond acceptors (Lipinski definition) is 3. The zero-order valence-electron chi connectivity index (χ0n) is 14.6. The number of benzene rings is 1. The molecule has 0 fully saturated rings. The van der Waals surface area contributed by atoms with Crippen LogP contribution in [0.15, 0.2) is 24.3 Å². The lowest BCUT2D eigenvalue weighted by Crippen LogP contribution is -2.33. The molecule has 0 aliphatic carbocycles. The molecule has 1 aromatic rings. The van der Waals surface area contributed by atoms with E-state index in [1.807, 2.05) is 19.1 Å². The number of carbonyl (C=O) groups is 2. The molecule has 0 spiro atoms. The van der Waals surface area contributed by atoms with E-state index >= 15 is 0 Å². The highest BCUT2D eigenvalue weighted by Crippen LogP contribution is 2.07. The second-order valence-electron chi connectivity index (χ2n) is 6.02. The summed E-state index contributed by atoms with van der Waals surface area (Å²) in [6, 6.07) is 7.32. The van der Waals surface area contributed by atoms with Crippen molar-refractivity contribution in [1.29, 1.82) is 0 Å². The van der Waals surface area contributed by atoms with E-state index in [0.717, 1.165) is 18.4 Å². The fourth-order valence-corrected chi connectivity index (χ4v) is 2.30. The Bertz CT molecular complexity index is 482. The first-order valence-electron chi connectivity index (χ1n) is 8.52. The number of ether oxygens (including phenoxy) is 1. The minimum atomic E-state index is -0.346. The van der Waals surface area contributed by atoms with Crippen LogP contribution in [-0.4, -0.2) is 37.0 Å². The molecule has 0 N–H and O–H groups in total. The summed E-state index contributed by atoms with van der Waals surface area (Å²) < 4.78 is 5.19. The molecule has 4 heteroatoms. The highest BCUT2D eigenvalue weighted by molar-refractivity contribution is 5.95. The van der Waals surface area contributed by atoms with Crippen molar-refractivity contribution in [3.63, 3.8) is 0 Å². The van der Waals surface area contributed by atoms with Gasteiger partial charge in [0.15, 0.2) is 0 Å². The first-order chi connectivity index (χ1) is 11.0. The first-order valence-corrected chi connectivity index (χ1v) is 8.52. The molecule has 1 rings (SSSR count). The van der Waals surface area contributed by atoms with Crippen molar-refractivity contribution in [1.82, 2.24) is 4.90 Å². The fourth-order valence-electron chi connectivity index (χ4n) is 2.30. The van der Waals surface area contributed by atoms with Gasteiger partial charge in [-0.05, 0) is 25.5 Å². The Morgan fingerprint density at radius 3 is 2.26 bits per heavy atom. The highest BCUT2D eigenvalue weighted by Gasteiger charge is 2.15. The lowest BCUT2D eigenvalue weighted by atomic mass is 10.1. The van der Waals surface area contributed by atoms with Crippen molar-refractivity contribution in [3.05, 3.63) is 35.4 Å². The Morgan fingerprint density at radius 1 is 1.00 bits per heavy atom. The van der Waals surface area contributed by atoms with Gasteiger partial charge in [0.1, 0.15) is 6.54 Å². The Balaban J connectivity index is 2.22. The standard InChI is InChI=1S/C19H29NO3/c1-4-5-6-7-8-9-14-23-18(21)15-20(3)19(22)17-12-10-16(2)11-13-17/h10-13H,4-9,14-15H2,1-3H3. The third-order valence-corrected chi connectivity index (χ3v) is 3.77. The predicted octanol–water partition coefficient (Wildman–Crippen LogP) is 3.97. The summed E-state index contributed by atoms with van der Waals surface area (Å²) in [5.74, 6) is -0.511. The van der Waals surface area contributed by atoms with E-state index < -0.39 is 0 Å². The Kier molecular flexibility index (Phi) is 9.03. The number of aryl methyl sites for hydroxylation is 1. The Morgan fingerprint density at radius 2 is 1.61 bits per heavy atom. The number of carbonyl (C=O) groups excluding carboxylic acids is 2. The summed E-state index contributed by atoms with van der Waals surface area (Å²) in [5, 5.41) is 0. The second-order valence-corrected chi connectivity index (χ2v) is 6.02. The summed E-state index contributed by atoms with van der Waals surface area (Å²) in [4.78, 5) is 25.3. The van der Waals surface area contributed by atoms with Crippen molar-refractivity contribution in [2.45, 2.75) is 52.4 Å². The normalized spacial score (nSPS) is 10.4. The first kappa shape index (κ1) is 19.2. The van der Waals surface area contributed by atoms with Crippen LogP contribution in [0.25, 0.3) is 0 Å². The molecule has 0 saturated heterocycles. The molecule has 0 aliphatic rings. The average Bonchev–Trinajstić information content (AvgIpc) is 2.54. The monoisotopic (exact) mass is 319 g/mol. The molecule has 0 radical (unpaired) electrons. The van der Waals surface area contributed by atoms with Gasteiger partial charge in [-0.2, -0.15) is 0 Å². The quantitative estimate of drug-likeness (QED) is 0.484. The third-order valence-electron chi connectivity index (χ3n) is 3.77. The van der Waals surface area contributed by atoms with Gasteiger partial charge in [0.25, 0.3) is 5.91 Å². The van der Waals surface area contributed by atoms with E-state index in [1.54, 1.807) is 19.2 Å². The summed E-state index contributed by atoms with van der Waals surface area (Å²) in [6.07, 6.45) is 6.92. The highest BCUT2D eigenvalue weighted by atomic mass is 16.5. The maximum absolute atomic E-state index is 12.2. The van der Waals surface area contributed by atoms with E-state index in [0.29, 0.717) is 12.2 Å². The molecule has 0 unspecified atom stereocenters. The molecule has 4 nitrogen and oxygen atoms in total. The Hall–Kier alpha value is -1.84. The summed E-state index contributed by atoms with van der Waals surface area (Å²) in [7, 11) is 1.62. The molecule has 1 amide bonds. The van der Waals surface area contributed by atoms with Gasteiger partial charge in [0, 0.05) is 12.6 Å². The minimum Gasteiger partial charge on any atom is -0.464 e. The number of amides is 1. The van der Waals surface area contributed by atoms with E-state index in [4.69, 9.17) is 4.74 Å². The van der Waals surface area contributed by atoms with Crippen molar-refractivity contribution in [3.8, 4) is 0 Å². The van der Waals surface area contributed by atoms with Crippen molar-refractivity contribution in [2.24, 2.45) is 0 Å². The molecule has 1 aromatic carbocycles. The lowest BCUT2D eigenvalue weighted by Gasteiger charge is -2.16. The fraction of sp³-hybridized carbons (Fsp3) is 0.579. The molecule has 0 atom stereocenters.